The number of phenolic OH excluding ortho intramolecular Hbond substituents is 1. The summed E-state index contributed by atoms with van der Waals surface area (Å²) >= 11 is 0. The van der Waals surface area contributed by atoms with Crippen LogP contribution < -0.4 is 0 Å². The predicted octanol–water partition coefficient (Wildman–Crippen LogP) is 5.84. The van der Waals surface area contributed by atoms with Crippen LogP contribution in [0.1, 0.15) is 29.4 Å². The van der Waals surface area contributed by atoms with Crippen molar-refractivity contribution in [3.05, 3.63) is 107 Å². The summed E-state index contributed by atoms with van der Waals surface area (Å²) in [5.74, 6) is 0.124. The molecule has 0 saturated carbocycles. The van der Waals surface area contributed by atoms with E-state index in [-0.39, 0.29) is 5.75 Å². The topological polar surface area (TPSA) is 53.4 Å². The van der Waals surface area contributed by atoms with E-state index in [1.165, 1.54) is 0 Å². The Morgan fingerprint density at radius 2 is 1.80 bits per heavy atom. The number of hydrogen-bond acceptors (Lipinski definition) is 3. The third kappa shape index (κ3) is 3.17. The number of benzene rings is 2. The van der Waals surface area contributed by atoms with E-state index in [4.69, 9.17) is 0 Å². The summed E-state index contributed by atoms with van der Waals surface area (Å²) in [7, 11) is 0. The van der Waals surface area contributed by atoms with E-state index in [1.807, 2.05) is 36.4 Å². The number of halogens is 2. The normalized spacial score (nSPS) is 16.5. The van der Waals surface area contributed by atoms with E-state index in [1.54, 1.807) is 62.7 Å². The molecule has 0 spiro atoms. The van der Waals surface area contributed by atoms with Crippen LogP contribution in [0, 0.1) is 6.92 Å². The number of pyridine rings is 1. The van der Waals surface area contributed by atoms with E-state index in [0.717, 1.165) is 36.7 Å². The van der Waals surface area contributed by atoms with Crippen LogP contribution in [0.15, 0.2) is 89.7 Å². The van der Waals surface area contributed by atoms with Gasteiger partial charge in [-0.1, -0.05) is 18.2 Å². The van der Waals surface area contributed by atoms with Crippen LogP contribution in [-0.4, -0.2) is 38.0 Å². The molecular weight excluding hydrogens is 445 g/mol. The van der Waals surface area contributed by atoms with Crippen molar-refractivity contribution in [1.82, 2.24) is 9.46 Å². The molecule has 8 heteroatoms. The van der Waals surface area contributed by atoms with E-state index in [2.05, 4.69) is 9.98 Å². The van der Waals surface area contributed by atoms with Crippen molar-refractivity contribution in [2.24, 2.45) is 4.99 Å². The molecule has 0 saturated heterocycles. The smallest absolute Gasteiger partial charge is 0.506 e. The molecule has 2 aromatic heterocycles. The van der Waals surface area contributed by atoms with Crippen molar-refractivity contribution >= 4 is 41.1 Å². The van der Waals surface area contributed by atoms with Crippen LogP contribution in [0.4, 0.5) is 14.3 Å². The second-order valence-corrected chi connectivity index (χ2v) is 8.80. The molecule has 0 fully saturated rings. The zero-order valence-electron chi connectivity index (χ0n) is 19.2. The number of phenols is 1. The van der Waals surface area contributed by atoms with Crippen LogP contribution in [-0.2, 0) is 0 Å². The lowest BCUT2D eigenvalue weighted by atomic mass is 9.86. The van der Waals surface area contributed by atoms with Crippen molar-refractivity contribution in [2.45, 2.75) is 13.8 Å². The molecule has 0 unspecified atom stereocenters. The molecule has 35 heavy (non-hydrogen) atoms. The van der Waals surface area contributed by atoms with E-state index in [9.17, 15) is 5.11 Å². The van der Waals surface area contributed by atoms with Crippen LogP contribution in [0.5, 0.6) is 5.75 Å². The maximum Gasteiger partial charge on any atom is 0.737 e. The molecule has 5 nitrogen and oxygen atoms in total. The molecule has 2 aliphatic heterocycles. The number of aliphatic imine (C=N–C) groups is 1. The highest BCUT2D eigenvalue weighted by atomic mass is 19.2. The molecule has 1 N–H and O–H groups in total. The first kappa shape index (κ1) is 21.2. The highest BCUT2D eigenvalue weighted by molar-refractivity contribution is 6.58. The standard InChI is InChI=1S/C27H21BF2N4O/c1-17-5-12-23-26(24-13-6-18(2)34(24)28(29,30)33(17)23)19-7-10-21(11-8-19)32-16-20-9-14-25(35)27-22(20)4-3-15-31-27/h3-16,35H,1-2H3. The Balaban J connectivity index is 1.40. The van der Waals surface area contributed by atoms with Crippen LogP contribution in [0.25, 0.3) is 16.5 Å². The average molecular weight is 466 g/mol. The first-order chi connectivity index (χ1) is 16.9. The fraction of sp³-hybridized carbons (Fsp3) is 0.0741. The van der Waals surface area contributed by atoms with Gasteiger partial charge in [0.1, 0.15) is 17.0 Å². The van der Waals surface area contributed by atoms with Gasteiger partial charge < -0.3 is 22.7 Å². The number of allylic oxidation sites excluding steroid dienone is 2. The fourth-order valence-corrected chi connectivity index (χ4v) is 5.03. The zero-order chi connectivity index (χ0) is 24.3. The Morgan fingerprint density at radius 1 is 1.00 bits per heavy atom. The molecule has 0 bridgehead atoms. The molecular formula is C27H21BF2N4O. The number of hydrogen-bond donors (Lipinski definition) is 1. The van der Waals surface area contributed by atoms with Gasteiger partial charge in [0, 0.05) is 48.1 Å². The van der Waals surface area contributed by atoms with Crippen LogP contribution in [0.2, 0.25) is 0 Å². The van der Waals surface area contributed by atoms with Crippen molar-refractivity contribution in [3.8, 4) is 5.75 Å². The lowest BCUT2D eigenvalue weighted by molar-refractivity contribution is -0.362. The third-order valence-electron chi connectivity index (χ3n) is 6.67. The Bertz CT molecular complexity index is 1650. The van der Waals surface area contributed by atoms with Gasteiger partial charge in [-0.3, -0.25) is 9.98 Å². The van der Waals surface area contributed by atoms with Crippen molar-refractivity contribution < 1.29 is 18.2 Å². The summed E-state index contributed by atoms with van der Waals surface area (Å²) in [5, 5.41) is 10.9. The van der Waals surface area contributed by atoms with Crippen molar-refractivity contribution in [3.63, 3.8) is 0 Å². The lowest BCUT2D eigenvalue weighted by Crippen LogP contribution is -2.51. The zero-order valence-corrected chi connectivity index (χ0v) is 19.2. The van der Waals surface area contributed by atoms with Gasteiger partial charge in [0.05, 0.1) is 11.3 Å². The highest BCUT2D eigenvalue weighted by Gasteiger charge is 2.53. The molecule has 4 heterocycles. The first-order valence-electron chi connectivity index (χ1n) is 11.3. The molecule has 4 aromatic rings. The third-order valence-corrected chi connectivity index (χ3v) is 6.67. The van der Waals surface area contributed by atoms with Gasteiger partial charge in [0.15, 0.2) is 5.70 Å². The van der Waals surface area contributed by atoms with E-state index in [0.29, 0.717) is 28.3 Å². The fourth-order valence-electron chi connectivity index (χ4n) is 5.03. The van der Waals surface area contributed by atoms with E-state index >= 15 is 8.63 Å². The molecule has 0 amide bonds. The molecule has 2 aromatic carbocycles. The molecule has 2 aliphatic rings. The van der Waals surface area contributed by atoms with Gasteiger partial charge in [-0.2, -0.15) is 0 Å². The number of nitrogens with zero attached hydrogens (tertiary/aromatic N) is 4. The number of aromatic nitrogens is 2. The molecule has 0 aliphatic carbocycles. The van der Waals surface area contributed by atoms with Crippen LogP contribution in [0.3, 0.4) is 0 Å². The maximum atomic E-state index is 15.5. The summed E-state index contributed by atoms with van der Waals surface area (Å²) < 4.78 is 33.2. The quantitative estimate of drug-likeness (QED) is 0.305. The van der Waals surface area contributed by atoms with Gasteiger partial charge >= 0.3 is 6.97 Å². The molecule has 172 valence electrons. The average Bonchev–Trinajstić information content (AvgIpc) is 3.44. The summed E-state index contributed by atoms with van der Waals surface area (Å²) in [4.78, 5) is 8.83. The first-order valence-corrected chi connectivity index (χ1v) is 11.3. The monoisotopic (exact) mass is 466 g/mol. The Hall–Kier alpha value is -4.33. The molecule has 0 atom stereocenters. The Labute approximate surface area is 200 Å². The molecule has 0 radical (unpaired) electrons. The summed E-state index contributed by atoms with van der Waals surface area (Å²) in [6.45, 7) is -0.541. The number of aryl methyl sites for hydroxylation is 1. The highest BCUT2D eigenvalue weighted by Crippen LogP contribution is 2.40. The molecule has 6 rings (SSSR count). The lowest BCUT2D eigenvalue weighted by Gasteiger charge is -2.32. The number of rotatable bonds is 3. The minimum absolute atomic E-state index is 0.124. The number of fused-ring (bicyclic) bond motifs is 3. The summed E-state index contributed by atoms with van der Waals surface area (Å²) in [6.07, 6.45) is 6.88. The SMILES string of the molecule is CC1=[N+]2C(=C(c3ccc(N=Cc4ccc(O)c5ncccc45)cc3)c3ccc(C)n3[B-]2(F)F)C=C1. The van der Waals surface area contributed by atoms with Gasteiger partial charge in [0.2, 0.25) is 0 Å². The maximum absolute atomic E-state index is 15.5. The number of aromatic hydroxyl groups is 1. The second kappa shape index (κ2) is 7.60. The second-order valence-electron chi connectivity index (χ2n) is 8.80. The summed E-state index contributed by atoms with van der Waals surface area (Å²) in [5.41, 5.74) is 5.77. The van der Waals surface area contributed by atoms with Gasteiger partial charge in [0.25, 0.3) is 0 Å². The van der Waals surface area contributed by atoms with Gasteiger partial charge in [-0.25, -0.2) is 0 Å². The van der Waals surface area contributed by atoms with Crippen molar-refractivity contribution in [1.29, 1.82) is 0 Å². The Kier molecular flexibility index (Phi) is 4.61. The Morgan fingerprint density at radius 3 is 2.60 bits per heavy atom. The largest absolute Gasteiger partial charge is 0.737 e. The minimum atomic E-state index is -3.96. The summed E-state index contributed by atoms with van der Waals surface area (Å²) in [6, 6.07) is 18.2. The minimum Gasteiger partial charge on any atom is -0.506 e. The van der Waals surface area contributed by atoms with Crippen molar-refractivity contribution in [2.75, 3.05) is 0 Å². The van der Waals surface area contributed by atoms with E-state index < -0.39 is 6.97 Å². The predicted molar refractivity (Wildman–Crippen MR) is 136 cm³/mol. The van der Waals surface area contributed by atoms with Gasteiger partial charge in [-0.05, 0) is 60.6 Å². The van der Waals surface area contributed by atoms with Crippen LogP contribution >= 0.6 is 0 Å². The van der Waals surface area contributed by atoms with Gasteiger partial charge in [-0.15, -0.1) is 0 Å².